The quantitative estimate of drug-likeness (QED) is 0.480. The number of thioether (sulfide) groups is 1. The van der Waals surface area contributed by atoms with Crippen molar-refractivity contribution in [1.29, 1.82) is 0 Å². The number of pyridine rings is 1. The van der Waals surface area contributed by atoms with Crippen LogP contribution in [0.4, 0.5) is 0 Å². The summed E-state index contributed by atoms with van der Waals surface area (Å²) in [7, 11) is 0. The van der Waals surface area contributed by atoms with Gasteiger partial charge in [-0.2, -0.15) is 12.6 Å². The lowest BCUT2D eigenvalue weighted by molar-refractivity contribution is 1.05. The van der Waals surface area contributed by atoms with Gasteiger partial charge in [-0.25, -0.2) is 4.98 Å². The second-order valence-electron chi connectivity index (χ2n) is 3.32. The Bertz CT molecular complexity index is 314. The SMILES string of the molecule is C=C(CS)CSc1cc(C)cc(C)n1. The van der Waals surface area contributed by atoms with Crippen LogP contribution in [0.2, 0.25) is 0 Å². The Morgan fingerprint density at radius 1 is 1.50 bits per heavy atom. The van der Waals surface area contributed by atoms with E-state index >= 15 is 0 Å². The van der Waals surface area contributed by atoms with Crippen LogP contribution in [-0.4, -0.2) is 16.5 Å². The molecule has 0 unspecified atom stereocenters. The Morgan fingerprint density at radius 2 is 2.21 bits per heavy atom. The molecule has 0 saturated heterocycles. The maximum Gasteiger partial charge on any atom is 0.0968 e. The summed E-state index contributed by atoms with van der Waals surface area (Å²) in [5, 5.41) is 1.07. The molecule has 1 nitrogen and oxygen atoms in total. The molecule has 0 bridgehead atoms. The van der Waals surface area contributed by atoms with Gasteiger partial charge in [-0.15, -0.1) is 11.8 Å². The maximum absolute atomic E-state index is 4.44. The highest BCUT2D eigenvalue weighted by Crippen LogP contribution is 2.19. The summed E-state index contributed by atoms with van der Waals surface area (Å²) in [6, 6.07) is 4.18. The molecule has 0 saturated carbocycles. The predicted molar refractivity (Wildman–Crippen MR) is 67.4 cm³/mol. The van der Waals surface area contributed by atoms with Crippen molar-refractivity contribution in [3.8, 4) is 0 Å². The minimum absolute atomic E-state index is 0.748. The lowest BCUT2D eigenvalue weighted by atomic mass is 10.3. The monoisotopic (exact) mass is 225 g/mol. The molecule has 0 spiro atoms. The lowest BCUT2D eigenvalue weighted by Gasteiger charge is -2.04. The molecule has 76 valence electrons. The molecule has 1 aromatic rings. The van der Waals surface area contributed by atoms with E-state index < -0.39 is 0 Å². The van der Waals surface area contributed by atoms with Gasteiger partial charge in [0.1, 0.15) is 0 Å². The first-order chi connectivity index (χ1) is 6.61. The minimum atomic E-state index is 0.748. The number of hydrogen-bond acceptors (Lipinski definition) is 3. The number of aromatic nitrogens is 1. The number of hydrogen-bond donors (Lipinski definition) is 1. The first-order valence-electron chi connectivity index (χ1n) is 4.47. The van der Waals surface area contributed by atoms with Gasteiger partial charge in [0, 0.05) is 17.2 Å². The van der Waals surface area contributed by atoms with Crippen molar-refractivity contribution in [3.63, 3.8) is 0 Å². The second kappa shape index (κ2) is 5.47. The Kier molecular flexibility index (Phi) is 4.55. The summed E-state index contributed by atoms with van der Waals surface area (Å²) in [6.45, 7) is 8.02. The Labute approximate surface area is 95.4 Å². The second-order valence-corrected chi connectivity index (χ2v) is 4.63. The Morgan fingerprint density at radius 3 is 2.79 bits per heavy atom. The fraction of sp³-hybridized carbons (Fsp3) is 0.364. The van der Waals surface area contributed by atoms with E-state index in [0.29, 0.717) is 0 Å². The zero-order valence-corrected chi connectivity index (χ0v) is 10.3. The van der Waals surface area contributed by atoms with Crippen LogP contribution in [0.5, 0.6) is 0 Å². The maximum atomic E-state index is 4.44. The van der Waals surface area contributed by atoms with Crippen molar-refractivity contribution in [2.24, 2.45) is 0 Å². The summed E-state index contributed by atoms with van der Waals surface area (Å²) in [4.78, 5) is 4.44. The molecule has 0 amide bonds. The first kappa shape index (κ1) is 11.7. The van der Waals surface area contributed by atoms with Crippen LogP contribution < -0.4 is 0 Å². The van der Waals surface area contributed by atoms with Gasteiger partial charge < -0.3 is 0 Å². The van der Waals surface area contributed by atoms with E-state index in [1.807, 2.05) is 6.92 Å². The van der Waals surface area contributed by atoms with Gasteiger partial charge >= 0.3 is 0 Å². The van der Waals surface area contributed by atoms with Crippen molar-refractivity contribution < 1.29 is 0 Å². The molecule has 3 heteroatoms. The fourth-order valence-electron chi connectivity index (χ4n) is 1.10. The minimum Gasteiger partial charge on any atom is -0.247 e. The molecule has 14 heavy (non-hydrogen) atoms. The zero-order chi connectivity index (χ0) is 10.6. The Balaban J connectivity index is 2.63. The van der Waals surface area contributed by atoms with Crippen LogP contribution in [0.1, 0.15) is 11.3 Å². The molecular formula is C11H15NS2. The third-order valence-corrected chi connectivity index (χ3v) is 3.23. The summed E-state index contributed by atoms with van der Waals surface area (Å²) in [6.07, 6.45) is 0. The molecule has 0 aliphatic rings. The van der Waals surface area contributed by atoms with Crippen molar-refractivity contribution in [2.45, 2.75) is 18.9 Å². The Hall–Kier alpha value is -0.410. The summed E-state index contributed by atoms with van der Waals surface area (Å²) in [5.41, 5.74) is 3.47. The molecule has 0 atom stereocenters. The summed E-state index contributed by atoms with van der Waals surface area (Å²) in [5.74, 6) is 1.65. The van der Waals surface area contributed by atoms with Gasteiger partial charge in [-0.1, -0.05) is 12.2 Å². The smallest absolute Gasteiger partial charge is 0.0968 e. The van der Waals surface area contributed by atoms with Gasteiger partial charge in [0.15, 0.2) is 0 Å². The van der Waals surface area contributed by atoms with Gasteiger partial charge in [-0.3, -0.25) is 0 Å². The average Bonchev–Trinajstić information content (AvgIpc) is 2.12. The van der Waals surface area contributed by atoms with Gasteiger partial charge in [0.05, 0.1) is 5.03 Å². The van der Waals surface area contributed by atoms with Crippen LogP contribution in [-0.2, 0) is 0 Å². The zero-order valence-electron chi connectivity index (χ0n) is 8.58. The van der Waals surface area contributed by atoms with Crippen LogP contribution in [0, 0.1) is 13.8 Å². The fourth-order valence-corrected chi connectivity index (χ4v) is 2.29. The molecule has 1 rings (SSSR count). The van der Waals surface area contributed by atoms with Crippen molar-refractivity contribution in [3.05, 3.63) is 35.5 Å². The third-order valence-electron chi connectivity index (χ3n) is 1.72. The largest absolute Gasteiger partial charge is 0.247 e. The highest BCUT2D eigenvalue weighted by atomic mass is 32.2. The van der Waals surface area contributed by atoms with Crippen molar-refractivity contribution in [2.75, 3.05) is 11.5 Å². The summed E-state index contributed by atoms with van der Waals surface area (Å²) >= 11 is 5.89. The highest BCUT2D eigenvalue weighted by Gasteiger charge is 1.99. The van der Waals surface area contributed by atoms with Gasteiger partial charge in [-0.05, 0) is 31.5 Å². The van der Waals surface area contributed by atoms with Gasteiger partial charge in [0.2, 0.25) is 0 Å². The van der Waals surface area contributed by atoms with Crippen LogP contribution in [0.25, 0.3) is 0 Å². The third kappa shape index (κ3) is 3.76. The van der Waals surface area contributed by atoms with Crippen LogP contribution in [0.15, 0.2) is 29.3 Å². The molecule has 0 fully saturated rings. The van der Waals surface area contributed by atoms with E-state index in [2.05, 4.69) is 43.2 Å². The molecule has 0 radical (unpaired) electrons. The predicted octanol–water partition coefficient (Wildman–Crippen LogP) is 3.28. The van der Waals surface area contributed by atoms with E-state index in [4.69, 9.17) is 0 Å². The van der Waals surface area contributed by atoms with Crippen molar-refractivity contribution >= 4 is 24.4 Å². The van der Waals surface area contributed by atoms with E-state index in [0.717, 1.165) is 27.8 Å². The first-order valence-corrected chi connectivity index (χ1v) is 6.09. The highest BCUT2D eigenvalue weighted by molar-refractivity contribution is 7.99. The molecule has 1 aromatic heterocycles. The number of aryl methyl sites for hydroxylation is 2. The lowest BCUT2D eigenvalue weighted by Crippen LogP contribution is -1.91. The number of thiol groups is 1. The van der Waals surface area contributed by atoms with Crippen LogP contribution >= 0.6 is 24.4 Å². The number of rotatable bonds is 4. The van der Waals surface area contributed by atoms with Gasteiger partial charge in [0.25, 0.3) is 0 Å². The molecule has 1 heterocycles. The molecule has 0 N–H and O–H groups in total. The van der Waals surface area contributed by atoms with Crippen LogP contribution in [0.3, 0.4) is 0 Å². The normalized spacial score (nSPS) is 10.2. The van der Waals surface area contributed by atoms with E-state index in [1.165, 1.54) is 5.56 Å². The molecule has 0 aliphatic carbocycles. The standard InChI is InChI=1S/C11H15NS2/c1-8-4-10(3)12-11(5-8)14-7-9(2)6-13/h4-5,13H,2,6-7H2,1,3H3. The molecule has 0 aliphatic heterocycles. The number of nitrogens with zero attached hydrogens (tertiary/aromatic N) is 1. The van der Waals surface area contributed by atoms with Crippen molar-refractivity contribution in [1.82, 2.24) is 4.98 Å². The van der Waals surface area contributed by atoms with E-state index in [1.54, 1.807) is 11.8 Å². The molecular weight excluding hydrogens is 210 g/mol. The molecule has 0 aromatic carbocycles. The van der Waals surface area contributed by atoms with E-state index in [-0.39, 0.29) is 0 Å². The topological polar surface area (TPSA) is 12.9 Å². The average molecular weight is 225 g/mol. The van der Waals surface area contributed by atoms with E-state index in [9.17, 15) is 0 Å². The summed E-state index contributed by atoms with van der Waals surface area (Å²) < 4.78 is 0.